The summed E-state index contributed by atoms with van der Waals surface area (Å²) in [5.74, 6) is -0.129. The molecule has 27 heavy (non-hydrogen) atoms. The Morgan fingerprint density at radius 3 is 2.67 bits per heavy atom. The van der Waals surface area contributed by atoms with Gasteiger partial charge in [0.25, 0.3) is 0 Å². The van der Waals surface area contributed by atoms with Crippen LogP contribution in [0.5, 0.6) is 0 Å². The van der Waals surface area contributed by atoms with Crippen LogP contribution in [0.1, 0.15) is 22.0 Å². The summed E-state index contributed by atoms with van der Waals surface area (Å²) in [6, 6.07) is 4.50. The van der Waals surface area contributed by atoms with Crippen molar-refractivity contribution >= 4 is 34.7 Å². The molecule has 0 spiro atoms. The maximum atomic E-state index is 13.0. The first-order valence-electron chi connectivity index (χ1n) is 7.78. The number of amides is 1. The van der Waals surface area contributed by atoms with E-state index in [1.54, 1.807) is 18.4 Å². The zero-order valence-electron chi connectivity index (χ0n) is 14.3. The molecule has 0 saturated carbocycles. The average molecular weight is 415 g/mol. The van der Waals surface area contributed by atoms with Gasteiger partial charge in [-0.2, -0.15) is 18.3 Å². The van der Waals surface area contributed by atoms with E-state index in [0.29, 0.717) is 11.4 Å². The maximum absolute atomic E-state index is 13.0. The van der Waals surface area contributed by atoms with Crippen LogP contribution in [-0.2, 0) is 17.4 Å². The highest BCUT2D eigenvalue weighted by Crippen LogP contribution is 2.34. The van der Waals surface area contributed by atoms with Crippen LogP contribution in [0.3, 0.4) is 0 Å². The number of carbonyl (C=O) groups excluding carboxylic acids is 1. The predicted molar refractivity (Wildman–Crippen MR) is 97.5 cm³/mol. The number of hydrogen-bond acceptors (Lipinski definition) is 4. The van der Waals surface area contributed by atoms with Crippen molar-refractivity contribution < 1.29 is 18.0 Å². The number of aryl methyl sites for hydroxylation is 2. The van der Waals surface area contributed by atoms with E-state index in [0.717, 1.165) is 23.2 Å². The van der Waals surface area contributed by atoms with E-state index in [9.17, 15) is 18.0 Å². The second-order valence-electron chi connectivity index (χ2n) is 5.83. The summed E-state index contributed by atoms with van der Waals surface area (Å²) < 4.78 is 40.3. The molecule has 0 radical (unpaired) electrons. The van der Waals surface area contributed by atoms with Gasteiger partial charge in [0.15, 0.2) is 0 Å². The van der Waals surface area contributed by atoms with Gasteiger partial charge in [-0.3, -0.25) is 4.79 Å². The topological polar surface area (TPSA) is 59.8 Å². The van der Waals surface area contributed by atoms with Crippen molar-refractivity contribution in [2.75, 3.05) is 5.32 Å². The monoisotopic (exact) mass is 414 g/mol. The lowest BCUT2D eigenvalue weighted by atomic mass is 10.2. The number of rotatable bonds is 4. The second kappa shape index (κ2) is 7.32. The Morgan fingerprint density at radius 2 is 2.04 bits per heavy atom. The summed E-state index contributed by atoms with van der Waals surface area (Å²) in [5, 5.41) is 9.53. The van der Waals surface area contributed by atoms with Crippen LogP contribution >= 0.6 is 22.9 Å². The smallest absolute Gasteiger partial charge is 0.310 e. The number of nitrogens with zero attached hydrogens (tertiary/aromatic N) is 3. The fraction of sp³-hybridized carbons (Fsp3) is 0.235. The number of aromatic nitrogens is 3. The normalized spacial score (nSPS) is 11.6. The van der Waals surface area contributed by atoms with Crippen LogP contribution in [-0.4, -0.2) is 20.7 Å². The molecule has 0 atom stereocenters. The van der Waals surface area contributed by atoms with Gasteiger partial charge in [-0.25, -0.2) is 9.67 Å². The molecule has 142 valence electrons. The van der Waals surface area contributed by atoms with E-state index in [-0.39, 0.29) is 28.9 Å². The van der Waals surface area contributed by atoms with Crippen LogP contribution in [0.4, 0.5) is 19.0 Å². The number of carbonyl (C=O) groups is 1. The van der Waals surface area contributed by atoms with E-state index in [1.807, 2.05) is 6.92 Å². The van der Waals surface area contributed by atoms with E-state index in [1.165, 1.54) is 16.0 Å². The van der Waals surface area contributed by atoms with Crippen LogP contribution < -0.4 is 5.32 Å². The first-order chi connectivity index (χ1) is 12.6. The molecule has 1 N–H and O–H groups in total. The average Bonchev–Trinajstić information content (AvgIpc) is 3.12. The first-order valence-corrected chi connectivity index (χ1v) is 9.04. The molecule has 0 fully saturated rings. The number of anilines is 1. The molecule has 1 aromatic carbocycles. The summed E-state index contributed by atoms with van der Waals surface area (Å²) in [6.07, 6.45) is -4.47. The van der Waals surface area contributed by atoms with Gasteiger partial charge in [-0.1, -0.05) is 11.6 Å². The van der Waals surface area contributed by atoms with E-state index >= 15 is 0 Å². The predicted octanol–water partition coefficient (Wildman–Crippen LogP) is 4.80. The van der Waals surface area contributed by atoms with Gasteiger partial charge in [0.1, 0.15) is 5.82 Å². The number of thiazole rings is 1. The highest BCUT2D eigenvalue weighted by Gasteiger charge is 2.31. The summed E-state index contributed by atoms with van der Waals surface area (Å²) in [5.41, 5.74) is 0.308. The Bertz CT molecular complexity index is 996. The van der Waals surface area contributed by atoms with Crippen LogP contribution in [0.25, 0.3) is 5.69 Å². The lowest BCUT2D eigenvalue weighted by Crippen LogP contribution is -2.17. The number of nitrogens with one attached hydrogen (secondary N) is 1. The fourth-order valence-corrected chi connectivity index (χ4v) is 3.27. The molecule has 0 aliphatic carbocycles. The number of hydrogen-bond donors (Lipinski definition) is 1. The van der Waals surface area contributed by atoms with Gasteiger partial charge in [0.05, 0.1) is 39.1 Å². The molecule has 0 saturated heterocycles. The third-order valence-corrected chi connectivity index (χ3v) is 4.75. The largest absolute Gasteiger partial charge is 0.416 e. The summed E-state index contributed by atoms with van der Waals surface area (Å²) in [4.78, 5) is 16.5. The lowest BCUT2D eigenvalue weighted by molar-refractivity contribution is -0.137. The van der Waals surface area contributed by atoms with Gasteiger partial charge in [-0.15, -0.1) is 11.3 Å². The summed E-state index contributed by atoms with van der Waals surface area (Å²) in [6.45, 7) is 3.50. The number of benzene rings is 1. The van der Waals surface area contributed by atoms with Crippen molar-refractivity contribution in [2.45, 2.75) is 26.4 Å². The number of halogens is 4. The van der Waals surface area contributed by atoms with Crippen LogP contribution in [0.15, 0.2) is 29.6 Å². The summed E-state index contributed by atoms with van der Waals surface area (Å²) >= 11 is 7.51. The van der Waals surface area contributed by atoms with Crippen molar-refractivity contribution in [3.63, 3.8) is 0 Å². The third-order valence-electron chi connectivity index (χ3n) is 3.61. The van der Waals surface area contributed by atoms with E-state index in [4.69, 9.17) is 11.6 Å². The Morgan fingerprint density at radius 1 is 1.30 bits per heavy atom. The van der Waals surface area contributed by atoms with Crippen molar-refractivity contribution in [1.29, 1.82) is 0 Å². The molecule has 0 unspecified atom stereocenters. The van der Waals surface area contributed by atoms with Gasteiger partial charge in [0, 0.05) is 11.4 Å². The Kier molecular flexibility index (Phi) is 5.25. The lowest BCUT2D eigenvalue weighted by Gasteiger charge is -2.13. The molecule has 0 aliphatic heterocycles. The Labute approximate surface area is 161 Å². The molecule has 0 aliphatic rings. The SMILES string of the molecule is Cc1cc(NC(=O)Cc2csc(C)n2)n(-c2cc(C(F)(F)F)ccc2Cl)n1. The molecule has 0 bridgehead atoms. The van der Waals surface area contributed by atoms with E-state index in [2.05, 4.69) is 15.4 Å². The minimum atomic E-state index is -4.52. The molecule has 3 rings (SSSR count). The molecule has 1 amide bonds. The second-order valence-corrected chi connectivity index (χ2v) is 7.30. The summed E-state index contributed by atoms with van der Waals surface area (Å²) in [7, 11) is 0. The molecule has 5 nitrogen and oxygen atoms in total. The third kappa shape index (κ3) is 4.48. The zero-order valence-corrected chi connectivity index (χ0v) is 15.8. The van der Waals surface area contributed by atoms with E-state index < -0.39 is 11.7 Å². The van der Waals surface area contributed by atoms with Crippen LogP contribution in [0, 0.1) is 13.8 Å². The van der Waals surface area contributed by atoms with Gasteiger partial charge < -0.3 is 5.32 Å². The zero-order chi connectivity index (χ0) is 19.8. The molecule has 2 aromatic heterocycles. The highest BCUT2D eigenvalue weighted by molar-refractivity contribution is 7.09. The van der Waals surface area contributed by atoms with Gasteiger partial charge in [0.2, 0.25) is 5.91 Å². The van der Waals surface area contributed by atoms with Crippen LogP contribution in [0.2, 0.25) is 5.02 Å². The first kappa shape index (κ1) is 19.4. The molecular weight excluding hydrogens is 401 g/mol. The van der Waals surface area contributed by atoms with Gasteiger partial charge in [-0.05, 0) is 32.0 Å². The molecule has 10 heteroatoms. The molecule has 2 heterocycles. The molecular formula is C17H14ClF3N4OS. The highest BCUT2D eigenvalue weighted by atomic mass is 35.5. The van der Waals surface area contributed by atoms with Crippen molar-refractivity contribution in [2.24, 2.45) is 0 Å². The van der Waals surface area contributed by atoms with Gasteiger partial charge >= 0.3 is 6.18 Å². The maximum Gasteiger partial charge on any atom is 0.416 e. The number of alkyl halides is 3. The van der Waals surface area contributed by atoms with Crippen molar-refractivity contribution in [3.8, 4) is 5.69 Å². The minimum absolute atomic E-state index is 0.0272. The minimum Gasteiger partial charge on any atom is -0.310 e. The Hall–Kier alpha value is -2.39. The van der Waals surface area contributed by atoms with Crippen molar-refractivity contribution in [3.05, 3.63) is 56.6 Å². The van der Waals surface area contributed by atoms with Crippen molar-refractivity contribution in [1.82, 2.24) is 14.8 Å². The Balaban J connectivity index is 1.91. The molecule has 3 aromatic rings. The standard InChI is InChI=1S/C17H14ClF3N4OS/c1-9-5-15(23-16(26)7-12-8-27-10(2)22-12)25(24-9)14-6-11(17(19,20)21)3-4-13(14)18/h3-6,8H,7H2,1-2H3,(H,23,26). The fourth-order valence-electron chi connectivity index (χ4n) is 2.46. The quantitative estimate of drug-likeness (QED) is 0.667.